The molecule has 0 bridgehead atoms. The van der Waals surface area contributed by atoms with Crippen LogP contribution < -0.4 is 10.6 Å². The van der Waals surface area contributed by atoms with E-state index in [2.05, 4.69) is 4.98 Å². The molecule has 1 aromatic heterocycles. The molecule has 3 aliphatic heterocycles. The number of hydrogen-bond donors (Lipinski definition) is 3. The zero-order chi connectivity index (χ0) is 24.2. The molecule has 2 fully saturated rings. The number of rotatable bonds is 8. The largest absolute Gasteiger partial charge is 0.477 e. The van der Waals surface area contributed by atoms with E-state index in [1.807, 2.05) is 11.8 Å². The lowest BCUT2D eigenvalue weighted by Crippen LogP contribution is -2.63. The van der Waals surface area contributed by atoms with Crippen LogP contribution in [-0.2, 0) is 14.4 Å². The van der Waals surface area contributed by atoms with Gasteiger partial charge >= 0.3 is 5.97 Å². The first-order valence-electron chi connectivity index (χ1n) is 10.4. The van der Waals surface area contributed by atoms with Gasteiger partial charge in [0.2, 0.25) is 11.8 Å². The van der Waals surface area contributed by atoms with Gasteiger partial charge in [-0.1, -0.05) is 6.92 Å². The number of aromatic nitrogens is 1. The van der Waals surface area contributed by atoms with Crippen LogP contribution in [0.3, 0.4) is 0 Å². The summed E-state index contributed by atoms with van der Waals surface area (Å²) in [7, 11) is 1.48. The normalized spacial score (nSPS) is 25.5. The van der Waals surface area contributed by atoms with Crippen LogP contribution in [0.2, 0.25) is 0 Å². The lowest BCUT2D eigenvalue weighted by Gasteiger charge is -2.46. The number of aliphatic hydroxyl groups is 1. The Bertz CT molecular complexity index is 1050. The Morgan fingerprint density at radius 2 is 2.06 bits per heavy atom. The van der Waals surface area contributed by atoms with Crippen LogP contribution in [0, 0.1) is 11.8 Å². The Morgan fingerprint density at radius 1 is 1.39 bits per heavy atom. The van der Waals surface area contributed by atoms with E-state index < -0.39 is 23.9 Å². The number of primary amides is 1. The number of anilines is 1. The third kappa shape index (κ3) is 3.97. The number of aliphatic carboxylic acids is 1. The Hall–Kier alpha value is -2.64. The number of fused-ring (bicyclic) bond motifs is 1. The molecule has 0 spiro atoms. The average molecular weight is 496 g/mol. The van der Waals surface area contributed by atoms with Crippen LogP contribution >= 0.6 is 23.1 Å². The predicted octanol–water partition coefficient (Wildman–Crippen LogP) is -0.224. The first kappa shape index (κ1) is 23.5. The fraction of sp³-hybridized carbons (Fsp3) is 0.550. The molecule has 4 heterocycles. The van der Waals surface area contributed by atoms with E-state index in [-0.39, 0.29) is 47.0 Å². The van der Waals surface area contributed by atoms with Crippen LogP contribution in [0.4, 0.5) is 5.13 Å². The van der Waals surface area contributed by atoms with Gasteiger partial charge in [0.05, 0.1) is 24.6 Å². The molecular weight excluding hydrogens is 470 g/mol. The topological polar surface area (TPSA) is 157 Å². The number of aliphatic hydroxyl groups excluding tert-OH is 1. The molecule has 2 saturated heterocycles. The fourth-order valence-electron chi connectivity index (χ4n) is 4.54. The standard InChI is InChI=1S/C20H25N5O6S2/c1-8-14-13(9(2)26)18(29)25(14)15(19(30)31)16(8)33-10-4-24(5-10)20-22-11(7-32-20)17(28)23(3)6-12(21)27/h7-10,13-14,26H,4-6H2,1-3H3,(H2,21,27)(H,30,31)/t8-,9-,13-,14-/m1/s1. The van der Waals surface area contributed by atoms with Crippen molar-refractivity contribution in [1.82, 2.24) is 14.8 Å². The average Bonchev–Trinajstić information content (AvgIpc) is 3.25. The number of carboxylic acid groups (broad SMARTS) is 1. The molecule has 4 atom stereocenters. The van der Waals surface area contributed by atoms with Crippen LogP contribution in [0.5, 0.6) is 0 Å². The Kier molecular flexibility index (Phi) is 6.14. The van der Waals surface area contributed by atoms with Gasteiger partial charge in [0, 0.05) is 41.6 Å². The van der Waals surface area contributed by atoms with Gasteiger partial charge in [0.1, 0.15) is 11.4 Å². The van der Waals surface area contributed by atoms with Gasteiger partial charge in [-0.3, -0.25) is 14.4 Å². The third-order valence-electron chi connectivity index (χ3n) is 6.17. The molecule has 1 aromatic rings. The lowest BCUT2D eigenvalue weighted by atomic mass is 9.79. The summed E-state index contributed by atoms with van der Waals surface area (Å²) < 4.78 is 0. The highest BCUT2D eigenvalue weighted by atomic mass is 32.2. The van der Waals surface area contributed by atoms with E-state index in [1.54, 1.807) is 12.3 Å². The summed E-state index contributed by atoms with van der Waals surface area (Å²) in [5.41, 5.74) is 5.39. The van der Waals surface area contributed by atoms with E-state index in [0.29, 0.717) is 23.1 Å². The molecule has 4 rings (SSSR count). The van der Waals surface area contributed by atoms with Gasteiger partial charge < -0.3 is 30.6 Å². The van der Waals surface area contributed by atoms with Crippen LogP contribution in [0.1, 0.15) is 24.3 Å². The second kappa shape index (κ2) is 8.61. The van der Waals surface area contributed by atoms with Crippen LogP contribution in [0.15, 0.2) is 16.0 Å². The maximum atomic E-state index is 12.4. The molecule has 3 aliphatic rings. The van der Waals surface area contributed by atoms with Crippen molar-refractivity contribution in [3.05, 3.63) is 21.7 Å². The van der Waals surface area contributed by atoms with Crippen LogP contribution in [-0.4, -0.2) is 92.8 Å². The summed E-state index contributed by atoms with van der Waals surface area (Å²) in [6.07, 6.45) is -0.830. The van der Waals surface area contributed by atoms with Crippen LogP contribution in [0.25, 0.3) is 0 Å². The van der Waals surface area contributed by atoms with Crippen molar-refractivity contribution in [2.45, 2.75) is 31.2 Å². The number of nitrogens with zero attached hydrogens (tertiary/aromatic N) is 4. The Labute approximate surface area is 198 Å². The zero-order valence-electron chi connectivity index (χ0n) is 18.3. The van der Waals surface area contributed by atoms with E-state index in [1.165, 1.54) is 39.9 Å². The molecule has 11 nitrogen and oxygen atoms in total. The van der Waals surface area contributed by atoms with Gasteiger partial charge in [-0.15, -0.1) is 23.1 Å². The molecule has 0 aliphatic carbocycles. The van der Waals surface area contributed by atoms with Gasteiger partial charge in [-0.2, -0.15) is 0 Å². The number of hydrogen-bond acceptors (Lipinski definition) is 9. The molecule has 33 heavy (non-hydrogen) atoms. The number of carboxylic acids is 1. The predicted molar refractivity (Wildman–Crippen MR) is 121 cm³/mol. The third-order valence-corrected chi connectivity index (χ3v) is 8.53. The monoisotopic (exact) mass is 495 g/mol. The molecule has 0 radical (unpaired) electrons. The lowest BCUT2D eigenvalue weighted by molar-refractivity contribution is -0.163. The maximum Gasteiger partial charge on any atom is 0.353 e. The number of likely N-dealkylation sites (N-methyl/N-ethyl adjacent to an activating group) is 1. The highest BCUT2D eigenvalue weighted by Gasteiger charge is 2.60. The second-order valence-electron chi connectivity index (χ2n) is 8.56. The molecule has 13 heteroatoms. The van der Waals surface area contributed by atoms with Crippen molar-refractivity contribution in [2.75, 3.05) is 31.6 Å². The van der Waals surface area contributed by atoms with Crippen molar-refractivity contribution in [2.24, 2.45) is 17.6 Å². The van der Waals surface area contributed by atoms with Crippen molar-refractivity contribution in [3.8, 4) is 0 Å². The molecule has 4 N–H and O–H groups in total. The minimum absolute atomic E-state index is 0.0254. The summed E-state index contributed by atoms with van der Waals surface area (Å²) in [6.45, 7) is 4.49. The van der Waals surface area contributed by atoms with Crippen molar-refractivity contribution in [3.63, 3.8) is 0 Å². The fourth-order valence-corrected chi connectivity index (χ4v) is 6.88. The summed E-state index contributed by atoms with van der Waals surface area (Å²) in [6, 6.07) is -0.327. The SMILES string of the molecule is C[C@@H](O)[C@H]1C(=O)N2C(C(=O)O)=C(SC3CN(c4nc(C(=O)N(C)CC(N)=O)cs4)C3)[C@H](C)[C@H]12. The quantitative estimate of drug-likeness (QED) is 0.415. The highest BCUT2D eigenvalue weighted by Crippen LogP contribution is 2.52. The zero-order valence-corrected chi connectivity index (χ0v) is 19.9. The van der Waals surface area contributed by atoms with Gasteiger partial charge in [0.15, 0.2) is 5.13 Å². The van der Waals surface area contributed by atoms with Crippen molar-refractivity contribution >= 4 is 51.9 Å². The number of β-lactam (4-membered cyclic amide) rings is 1. The van der Waals surface area contributed by atoms with Gasteiger partial charge in [0.25, 0.3) is 5.91 Å². The van der Waals surface area contributed by atoms with E-state index in [4.69, 9.17) is 5.73 Å². The molecule has 3 amide bonds. The molecule has 0 saturated carbocycles. The molecule has 0 unspecified atom stereocenters. The maximum absolute atomic E-state index is 12.4. The number of amides is 3. The summed E-state index contributed by atoms with van der Waals surface area (Å²) in [4.78, 5) is 57.3. The van der Waals surface area contributed by atoms with E-state index >= 15 is 0 Å². The minimum atomic E-state index is -1.14. The first-order chi connectivity index (χ1) is 15.5. The molecular formula is C20H25N5O6S2. The van der Waals surface area contributed by atoms with Gasteiger partial charge in [-0.25, -0.2) is 9.78 Å². The van der Waals surface area contributed by atoms with Gasteiger partial charge in [-0.05, 0) is 6.92 Å². The summed E-state index contributed by atoms with van der Waals surface area (Å²) >= 11 is 2.78. The van der Waals surface area contributed by atoms with Crippen molar-refractivity contribution < 1.29 is 29.4 Å². The molecule has 178 valence electrons. The Morgan fingerprint density at radius 3 is 2.64 bits per heavy atom. The molecule has 0 aromatic carbocycles. The van der Waals surface area contributed by atoms with E-state index in [9.17, 15) is 29.4 Å². The number of thioether (sulfide) groups is 1. The smallest absolute Gasteiger partial charge is 0.353 e. The minimum Gasteiger partial charge on any atom is -0.477 e. The summed E-state index contributed by atoms with van der Waals surface area (Å²) in [5, 5.41) is 22.1. The Balaban J connectivity index is 1.40. The van der Waals surface area contributed by atoms with Crippen molar-refractivity contribution in [1.29, 1.82) is 0 Å². The number of nitrogens with two attached hydrogens (primary N) is 1. The number of carbonyl (C=O) groups is 4. The van der Waals surface area contributed by atoms with E-state index in [0.717, 1.165) is 0 Å². The highest BCUT2D eigenvalue weighted by molar-refractivity contribution is 8.03. The second-order valence-corrected chi connectivity index (χ2v) is 10.7. The summed E-state index contributed by atoms with van der Waals surface area (Å²) in [5.74, 6) is -3.22. The first-order valence-corrected chi connectivity index (χ1v) is 12.2. The number of thiazole rings is 1. The number of carbonyl (C=O) groups excluding carboxylic acids is 3.